The Hall–Kier alpha value is -1.26. The van der Waals surface area contributed by atoms with Crippen molar-refractivity contribution in [2.45, 2.75) is 57.4 Å². The van der Waals surface area contributed by atoms with Gasteiger partial charge in [-0.15, -0.1) is 0 Å². The minimum Gasteiger partial charge on any atom is -0.409 e. The van der Waals surface area contributed by atoms with E-state index in [2.05, 4.69) is 17.4 Å². The van der Waals surface area contributed by atoms with Gasteiger partial charge in [0.2, 0.25) is 5.91 Å². The highest BCUT2D eigenvalue weighted by Gasteiger charge is 2.48. The number of hydrogen-bond donors (Lipinski definition) is 3. The third-order valence-electron chi connectivity index (χ3n) is 4.36. The van der Waals surface area contributed by atoms with Crippen LogP contribution in [0.4, 0.5) is 0 Å². The quantitative estimate of drug-likeness (QED) is 0.301. The first kappa shape index (κ1) is 12.2. The zero-order valence-corrected chi connectivity index (χ0v) is 10.3. The summed E-state index contributed by atoms with van der Waals surface area (Å²) in [6.45, 7) is 2.06. The maximum Gasteiger partial charge on any atom is 0.234 e. The number of amidine groups is 1. The fourth-order valence-electron chi connectivity index (χ4n) is 2.90. The van der Waals surface area contributed by atoms with Crippen molar-refractivity contribution in [2.75, 3.05) is 0 Å². The summed E-state index contributed by atoms with van der Waals surface area (Å²) in [5, 5.41) is 15.0. The lowest BCUT2D eigenvalue weighted by Crippen LogP contribution is -2.58. The number of rotatable bonds is 3. The number of amides is 1. The Morgan fingerprint density at radius 3 is 2.24 bits per heavy atom. The second kappa shape index (κ2) is 4.20. The van der Waals surface area contributed by atoms with Crippen molar-refractivity contribution in [1.29, 1.82) is 0 Å². The van der Waals surface area contributed by atoms with E-state index in [1.165, 1.54) is 0 Å². The highest BCUT2D eigenvalue weighted by atomic mass is 16.4. The normalized spacial score (nSPS) is 26.3. The minimum atomic E-state index is -0.770. The van der Waals surface area contributed by atoms with Gasteiger partial charge in [-0.25, -0.2) is 0 Å². The van der Waals surface area contributed by atoms with Crippen LogP contribution < -0.4 is 11.1 Å². The molecule has 2 saturated carbocycles. The second-order valence-electron chi connectivity index (χ2n) is 5.64. The Balaban J connectivity index is 2.13. The van der Waals surface area contributed by atoms with Crippen LogP contribution in [-0.2, 0) is 4.79 Å². The van der Waals surface area contributed by atoms with E-state index < -0.39 is 5.41 Å². The number of nitrogens with one attached hydrogen (secondary N) is 1. The fraction of sp³-hybridized carbons (Fsp3) is 0.833. The Morgan fingerprint density at radius 1 is 1.24 bits per heavy atom. The van der Waals surface area contributed by atoms with Crippen LogP contribution in [0.15, 0.2) is 5.16 Å². The number of carbonyl (C=O) groups is 1. The summed E-state index contributed by atoms with van der Waals surface area (Å²) in [6, 6.07) is 0. The van der Waals surface area contributed by atoms with Gasteiger partial charge in [-0.3, -0.25) is 4.79 Å². The molecule has 0 saturated heterocycles. The molecule has 0 spiro atoms. The van der Waals surface area contributed by atoms with Crippen LogP contribution in [0, 0.1) is 5.41 Å². The lowest BCUT2D eigenvalue weighted by Gasteiger charge is -2.41. The summed E-state index contributed by atoms with van der Waals surface area (Å²) < 4.78 is 0. The first-order valence-corrected chi connectivity index (χ1v) is 6.33. The Morgan fingerprint density at radius 2 is 1.82 bits per heavy atom. The van der Waals surface area contributed by atoms with Crippen molar-refractivity contribution in [3.63, 3.8) is 0 Å². The molecule has 1 amide bonds. The first-order chi connectivity index (χ1) is 8.02. The molecule has 0 aromatic heterocycles. The zero-order valence-electron chi connectivity index (χ0n) is 10.3. The molecule has 0 heterocycles. The van der Waals surface area contributed by atoms with E-state index in [1.807, 2.05) is 0 Å². The smallest absolute Gasteiger partial charge is 0.234 e. The molecule has 17 heavy (non-hydrogen) atoms. The Bertz CT molecular complexity index is 342. The minimum absolute atomic E-state index is 0.0625. The van der Waals surface area contributed by atoms with Gasteiger partial charge >= 0.3 is 0 Å². The lowest BCUT2D eigenvalue weighted by molar-refractivity contribution is -0.130. The molecule has 2 aliphatic rings. The third-order valence-corrected chi connectivity index (χ3v) is 4.36. The third kappa shape index (κ3) is 1.98. The van der Waals surface area contributed by atoms with Crippen molar-refractivity contribution in [3.8, 4) is 0 Å². The van der Waals surface area contributed by atoms with Gasteiger partial charge in [-0.2, -0.15) is 0 Å². The van der Waals surface area contributed by atoms with Gasteiger partial charge in [0.1, 0.15) is 5.41 Å². The van der Waals surface area contributed by atoms with Crippen LogP contribution in [0.5, 0.6) is 0 Å². The van der Waals surface area contributed by atoms with Crippen LogP contribution in [0.3, 0.4) is 0 Å². The highest BCUT2D eigenvalue weighted by Crippen LogP contribution is 2.40. The SMILES string of the molecule is CC1(NC(=O)C2(C(N)=NO)CCCC2)CCC1. The van der Waals surface area contributed by atoms with E-state index in [0.717, 1.165) is 32.1 Å². The molecule has 5 heteroatoms. The zero-order chi connectivity index (χ0) is 12.5. The molecule has 5 nitrogen and oxygen atoms in total. The Labute approximate surface area is 101 Å². The lowest BCUT2D eigenvalue weighted by atomic mass is 9.76. The highest BCUT2D eigenvalue weighted by molar-refractivity contribution is 6.07. The van der Waals surface area contributed by atoms with Gasteiger partial charge in [-0.05, 0) is 39.0 Å². The van der Waals surface area contributed by atoms with Crippen molar-refractivity contribution in [3.05, 3.63) is 0 Å². The van der Waals surface area contributed by atoms with Gasteiger partial charge in [-0.1, -0.05) is 18.0 Å². The van der Waals surface area contributed by atoms with Crippen LogP contribution in [0.2, 0.25) is 0 Å². The number of hydrogen-bond acceptors (Lipinski definition) is 3. The molecular formula is C12H21N3O2. The number of carbonyl (C=O) groups excluding carboxylic acids is 1. The predicted octanol–water partition coefficient (Wildman–Crippen LogP) is 1.35. The summed E-state index contributed by atoms with van der Waals surface area (Å²) in [5.74, 6) is 0.00271. The van der Waals surface area contributed by atoms with E-state index >= 15 is 0 Å². The maximum absolute atomic E-state index is 12.4. The second-order valence-corrected chi connectivity index (χ2v) is 5.64. The largest absolute Gasteiger partial charge is 0.409 e. The van der Waals surface area contributed by atoms with Crippen molar-refractivity contribution < 1.29 is 10.0 Å². The molecule has 2 fully saturated rings. The molecule has 2 rings (SSSR count). The number of oxime groups is 1. The average molecular weight is 239 g/mol. The van der Waals surface area contributed by atoms with E-state index in [9.17, 15) is 4.79 Å². The van der Waals surface area contributed by atoms with Gasteiger partial charge in [0.05, 0.1) is 0 Å². The molecular weight excluding hydrogens is 218 g/mol. The monoisotopic (exact) mass is 239 g/mol. The average Bonchev–Trinajstić information content (AvgIpc) is 2.76. The van der Waals surface area contributed by atoms with E-state index in [4.69, 9.17) is 10.9 Å². The first-order valence-electron chi connectivity index (χ1n) is 6.33. The molecule has 96 valence electrons. The molecule has 2 aliphatic carbocycles. The Kier molecular flexibility index (Phi) is 3.02. The van der Waals surface area contributed by atoms with Crippen LogP contribution >= 0.6 is 0 Å². The van der Waals surface area contributed by atoms with Crippen molar-refractivity contribution >= 4 is 11.7 Å². The molecule has 0 aromatic carbocycles. The number of nitrogens with two attached hydrogens (primary N) is 1. The standard InChI is InChI=1S/C12H21N3O2/c1-11(5-4-6-11)14-10(16)12(9(13)15-17)7-2-3-8-12/h17H,2-8H2,1H3,(H2,13,15)(H,14,16). The van der Waals surface area contributed by atoms with E-state index in [0.29, 0.717) is 12.8 Å². The molecule has 0 atom stereocenters. The summed E-state index contributed by atoms with van der Waals surface area (Å²) in [6.07, 6.45) is 6.49. The van der Waals surface area contributed by atoms with Crippen LogP contribution in [-0.4, -0.2) is 22.5 Å². The summed E-state index contributed by atoms with van der Waals surface area (Å²) >= 11 is 0. The summed E-state index contributed by atoms with van der Waals surface area (Å²) in [7, 11) is 0. The molecule has 4 N–H and O–H groups in total. The molecule has 0 aliphatic heterocycles. The summed E-state index contributed by atoms with van der Waals surface area (Å²) in [4.78, 5) is 12.4. The maximum atomic E-state index is 12.4. The topological polar surface area (TPSA) is 87.7 Å². The molecule has 0 radical (unpaired) electrons. The van der Waals surface area contributed by atoms with E-state index in [1.54, 1.807) is 0 Å². The van der Waals surface area contributed by atoms with E-state index in [-0.39, 0.29) is 17.3 Å². The summed E-state index contributed by atoms with van der Waals surface area (Å²) in [5.41, 5.74) is 4.88. The fourth-order valence-corrected chi connectivity index (χ4v) is 2.90. The van der Waals surface area contributed by atoms with Gasteiger partial charge < -0.3 is 16.3 Å². The van der Waals surface area contributed by atoms with Crippen molar-refractivity contribution in [1.82, 2.24) is 5.32 Å². The van der Waals surface area contributed by atoms with Crippen molar-refractivity contribution in [2.24, 2.45) is 16.3 Å². The van der Waals surface area contributed by atoms with Gasteiger partial charge in [0, 0.05) is 5.54 Å². The molecule has 0 bridgehead atoms. The van der Waals surface area contributed by atoms with Crippen LogP contribution in [0.25, 0.3) is 0 Å². The molecule has 0 unspecified atom stereocenters. The van der Waals surface area contributed by atoms with Gasteiger partial charge in [0.25, 0.3) is 0 Å². The van der Waals surface area contributed by atoms with Gasteiger partial charge in [0.15, 0.2) is 5.84 Å². The number of nitrogens with zero attached hydrogens (tertiary/aromatic N) is 1. The van der Waals surface area contributed by atoms with Crippen LogP contribution in [0.1, 0.15) is 51.9 Å². The predicted molar refractivity (Wildman–Crippen MR) is 64.7 cm³/mol. The molecule has 0 aromatic rings.